The van der Waals surface area contributed by atoms with Crippen molar-refractivity contribution in [3.8, 4) is 28.4 Å². The summed E-state index contributed by atoms with van der Waals surface area (Å²) in [4.78, 5) is 15.2. The van der Waals surface area contributed by atoms with Gasteiger partial charge in [-0.15, -0.1) is 0 Å². The maximum absolute atomic E-state index is 10.9. The zero-order valence-corrected chi connectivity index (χ0v) is 14.2. The van der Waals surface area contributed by atoms with Gasteiger partial charge < -0.3 is 19.3 Å². The van der Waals surface area contributed by atoms with Crippen LogP contribution in [0.15, 0.2) is 30.6 Å². The Balaban J connectivity index is 2.50. The molecule has 0 aliphatic carbocycles. The number of carboxylic acid groups (broad SMARTS) is 1. The average Bonchev–Trinajstić information content (AvgIpc) is 2.59. The minimum absolute atomic E-state index is 0.0498. The van der Waals surface area contributed by atoms with Crippen molar-refractivity contribution in [3.05, 3.63) is 36.2 Å². The Morgan fingerprint density at radius 1 is 1.12 bits per heavy atom. The quantitative estimate of drug-likeness (QED) is 0.838. The highest BCUT2D eigenvalue weighted by Crippen LogP contribution is 2.44. The fourth-order valence-electron chi connectivity index (χ4n) is 2.58. The molecule has 2 aromatic rings. The summed E-state index contributed by atoms with van der Waals surface area (Å²) >= 11 is 0. The van der Waals surface area contributed by atoms with Crippen LogP contribution in [0, 0.1) is 0 Å². The second kappa shape index (κ2) is 7.68. The first-order valence-electron chi connectivity index (χ1n) is 7.47. The van der Waals surface area contributed by atoms with Crippen molar-refractivity contribution in [2.75, 3.05) is 21.3 Å². The third-order valence-corrected chi connectivity index (χ3v) is 3.82. The predicted octanol–water partition coefficient (Wildman–Crippen LogP) is 3.35. The van der Waals surface area contributed by atoms with Gasteiger partial charge in [-0.2, -0.15) is 0 Å². The van der Waals surface area contributed by atoms with Gasteiger partial charge in [-0.3, -0.25) is 9.78 Å². The van der Waals surface area contributed by atoms with Crippen LogP contribution in [0.4, 0.5) is 0 Å². The lowest BCUT2D eigenvalue weighted by Crippen LogP contribution is -2.03. The molecule has 0 radical (unpaired) electrons. The topological polar surface area (TPSA) is 77.9 Å². The molecule has 1 heterocycles. The number of hydrogen-bond donors (Lipinski definition) is 1. The fourth-order valence-corrected chi connectivity index (χ4v) is 2.58. The molecule has 6 nitrogen and oxygen atoms in total. The van der Waals surface area contributed by atoms with Crippen molar-refractivity contribution in [2.45, 2.75) is 19.3 Å². The van der Waals surface area contributed by atoms with Crippen LogP contribution in [-0.4, -0.2) is 37.4 Å². The summed E-state index contributed by atoms with van der Waals surface area (Å²) in [6.45, 7) is 1.86. The van der Waals surface area contributed by atoms with Gasteiger partial charge in [0.15, 0.2) is 11.5 Å². The maximum Gasteiger partial charge on any atom is 0.303 e. The van der Waals surface area contributed by atoms with Gasteiger partial charge in [0.25, 0.3) is 0 Å². The lowest BCUT2D eigenvalue weighted by molar-refractivity contribution is -0.137. The van der Waals surface area contributed by atoms with Crippen LogP contribution in [0.25, 0.3) is 11.1 Å². The molecule has 1 aromatic heterocycles. The number of methoxy groups -OCH3 is 3. The van der Waals surface area contributed by atoms with E-state index in [-0.39, 0.29) is 12.3 Å². The van der Waals surface area contributed by atoms with Crippen LogP contribution in [0.1, 0.15) is 24.8 Å². The summed E-state index contributed by atoms with van der Waals surface area (Å²) in [5.74, 6) is 0.641. The van der Waals surface area contributed by atoms with Crippen LogP contribution in [0.2, 0.25) is 0 Å². The predicted molar refractivity (Wildman–Crippen MR) is 90.0 cm³/mol. The number of carboxylic acids is 1. The Morgan fingerprint density at radius 3 is 2.42 bits per heavy atom. The van der Waals surface area contributed by atoms with E-state index in [2.05, 4.69) is 4.98 Å². The second-order valence-electron chi connectivity index (χ2n) is 5.39. The van der Waals surface area contributed by atoms with E-state index in [1.165, 1.54) is 0 Å². The monoisotopic (exact) mass is 331 g/mol. The lowest BCUT2D eigenvalue weighted by atomic mass is 9.96. The van der Waals surface area contributed by atoms with E-state index in [9.17, 15) is 4.79 Å². The molecule has 0 bridgehead atoms. The van der Waals surface area contributed by atoms with E-state index in [0.29, 0.717) is 17.2 Å². The van der Waals surface area contributed by atoms with Crippen LogP contribution < -0.4 is 14.2 Å². The molecule has 0 amide bonds. The van der Waals surface area contributed by atoms with Crippen LogP contribution in [0.3, 0.4) is 0 Å². The molecular weight excluding hydrogens is 310 g/mol. The van der Waals surface area contributed by atoms with Gasteiger partial charge >= 0.3 is 5.97 Å². The number of pyridine rings is 1. The molecule has 24 heavy (non-hydrogen) atoms. The van der Waals surface area contributed by atoms with E-state index in [0.717, 1.165) is 16.7 Å². The first-order valence-corrected chi connectivity index (χ1v) is 7.47. The van der Waals surface area contributed by atoms with Crippen molar-refractivity contribution in [1.82, 2.24) is 4.98 Å². The van der Waals surface area contributed by atoms with Crippen LogP contribution in [0.5, 0.6) is 17.2 Å². The summed E-state index contributed by atoms with van der Waals surface area (Å²) in [6.07, 6.45) is 3.44. The highest BCUT2D eigenvalue weighted by atomic mass is 16.5. The highest BCUT2D eigenvalue weighted by Gasteiger charge is 2.18. The Kier molecular flexibility index (Phi) is 5.63. The van der Waals surface area contributed by atoms with E-state index in [1.54, 1.807) is 39.8 Å². The van der Waals surface area contributed by atoms with E-state index < -0.39 is 5.97 Å². The smallest absolute Gasteiger partial charge is 0.303 e. The molecule has 6 heteroatoms. The first-order chi connectivity index (χ1) is 11.5. The highest BCUT2D eigenvalue weighted by molar-refractivity contribution is 5.76. The fraction of sp³-hybridized carbons (Fsp3) is 0.333. The molecule has 0 saturated carbocycles. The number of aliphatic carboxylic acids is 1. The lowest BCUT2D eigenvalue weighted by Gasteiger charge is -2.16. The molecule has 0 aliphatic rings. The largest absolute Gasteiger partial charge is 0.493 e. The molecule has 0 saturated heterocycles. The average molecular weight is 331 g/mol. The summed E-state index contributed by atoms with van der Waals surface area (Å²) < 4.78 is 16.2. The maximum atomic E-state index is 10.9. The number of benzene rings is 1. The Morgan fingerprint density at radius 2 is 1.83 bits per heavy atom. The number of hydrogen-bond acceptors (Lipinski definition) is 5. The summed E-state index contributed by atoms with van der Waals surface area (Å²) in [7, 11) is 4.67. The first kappa shape index (κ1) is 17.6. The molecular formula is C18H21NO5. The van der Waals surface area contributed by atoms with E-state index in [1.807, 2.05) is 19.1 Å². The standard InChI is InChI=1S/C18H21NO5/c1-11(7-16(20)21)12-8-13(10-19-9-12)14-5-6-15(22-2)18(24-4)17(14)23-3/h5-6,8-11H,7H2,1-4H3,(H,20,21). The minimum atomic E-state index is -0.836. The normalized spacial score (nSPS) is 11.7. The number of carbonyl (C=O) groups is 1. The number of aromatic nitrogens is 1. The van der Waals surface area contributed by atoms with Gasteiger partial charge in [-0.25, -0.2) is 0 Å². The molecule has 2 rings (SSSR count). The molecule has 128 valence electrons. The van der Waals surface area contributed by atoms with E-state index in [4.69, 9.17) is 19.3 Å². The summed E-state index contributed by atoms with van der Waals surface area (Å²) in [5, 5.41) is 8.97. The van der Waals surface area contributed by atoms with Crippen molar-refractivity contribution >= 4 is 5.97 Å². The molecule has 0 fully saturated rings. The van der Waals surface area contributed by atoms with Gasteiger partial charge in [0.05, 0.1) is 27.8 Å². The molecule has 0 spiro atoms. The van der Waals surface area contributed by atoms with Crippen molar-refractivity contribution in [2.24, 2.45) is 0 Å². The van der Waals surface area contributed by atoms with Gasteiger partial charge in [0, 0.05) is 23.5 Å². The Hall–Kier alpha value is -2.76. The SMILES string of the molecule is COc1ccc(-c2cncc(C(C)CC(=O)O)c2)c(OC)c1OC. The van der Waals surface area contributed by atoms with Crippen molar-refractivity contribution in [3.63, 3.8) is 0 Å². The third-order valence-electron chi connectivity index (χ3n) is 3.82. The molecule has 1 N–H and O–H groups in total. The second-order valence-corrected chi connectivity index (χ2v) is 5.39. The Labute approximate surface area is 141 Å². The van der Waals surface area contributed by atoms with Gasteiger partial charge in [-0.1, -0.05) is 6.92 Å². The van der Waals surface area contributed by atoms with Crippen LogP contribution >= 0.6 is 0 Å². The van der Waals surface area contributed by atoms with Crippen LogP contribution in [-0.2, 0) is 4.79 Å². The third kappa shape index (κ3) is 3.59. The van der Waals surface area contributed by atoms with Gasteiger partial charge in [0.2, 0.25) is 5.75 Å². The van der Waals surface area contributed by atoms with E-state index >= 15 is 0 Å². The minimum Gasteiger partial charge on any atom is -0.493 e. The molecule has 0 aliphatic heterocycles. The zero-order valence-electron chi connectivity index (χ0n) is 14.2. The summed E-state index contributed by atoms with van der Waals surface area (Å²) in [6, 6.07) is 5.58. The zero-order chi connectivity index (χ0) is 17.7. The van der Waals surface area contributed by atoms with Gasteiger partial charge in [-0.05, 0) is 29.7 Å². The molecule has 1 atom stereocenters. The molecule has 1 unspecified atom stereocenters. The number of ether oxygens (including phenoxy) is 3. The number of rotatable bonds is 7. The van der Waals surface area contributed by atoms with Gasteiger partial charge in [0.1, 0.15) is 0 Å². The number of nitrogens with zero attached hydrogens (tertiary/aromatic N) is 1. The summed E-state index contributed by atoms with van der Waals surface area (Å²) in [5.41, 5.74) is 2.47. The van der Waals surface area contributed by atoms with Crippen molar-refractivity contribution in [1.29, 1.82) is 0 Å². The van der Waals surface area contributed by atoms with Crippen molar-refractivity contribution < 1.29 is 24.1 Å². The molecule has 1 aromatic carbocycles. The Bertz CT molecular complexity index is 729.